The minimum absolute atomic E-state index is 0.0373. The average Bonchev–Trinajstić information content (AvgIpc) is 3.01. The molecule has 2 N–H and O–H groups in total. The van der Waals surface area contributed by atoms with Gasteiger partial charge in [-0.25, -0.2) is 43.1 Å². The Morgan fingerprint density at radius 2 is 1.08 bits per heavy atom. The highest BCUT2D eigenvalue weighted by Crippen LogP contribution is 2.19. The van der Waals surface area contributed by atoms with E-state index in [1.54, 1.807) is 0 Å². The summed E-state index contributed by atoms with van der Waals surface area (Å²) in [6.45, 7) is -0.0747. The van der Waals surface area contributed by atoms with E-state index < -0.39 is 61.7 Å². The van der Waals surface area contributed by atoms with Crippen molar-refractivity contribution in [1.82, 2.24) is 9.44 Å². The van der Waals surface area contributed by atoms with Gasteiger partial charge < -0.3 is 0 Å². The van der Waals surface area contributed by atoms with Crippen molar-refractivity contribution in [3.8, 4) is 0 Å². The predicted molar refractivity (Wildman–Crippen MR) is 92.6 cm³/mol. The zero-order chi connectivity index (χ0) is 18.9. The van der Waals surface area contributed by atoms with Gasteiger partial charge in [0.15, 0.2) is 19.7 Å². The number of sulfone groups is 2. The van der Waals surface area contributed by atoms with Crippen LogP contribution in [0.25, 0.3) is 0 Å². The highest BCUT2D eigenvalue weighted by atomic mass is 32.2. The van der Waals surface area contributed by atoms with Gasteiger partial charge in [-0.2, -0.15) is 0 Å². The fourth-order valence-corrected chi connectivity index (χ4v) is 11.0. The third kappa shape index (κ3) is 5.85. The minimum atomic E-state index is -3.76. The van der Waals surface area contributed by atoms with Gasteiger partial charge in [0.1, 0.15) is 0 Å². The van der Waals surface area contributed by atoms with Crippen LogP contribution >= 0.6 is 0 Å². The van der Waals surface area contributed by atoms with Crippen LogP contribution in [0.5, 0.6) is 0 Å². The third-order valence-electron chi connectivity index (χ3n) is 4.22. The summed E-state index contributed by atoms with van der Waals surface area (Å²) in [7, 11) is -14.2. The summed E-state index contributed by atoms with van der Waals surface area (Å²) >= 11 is 0. The second-order valence-corrected chi connectivity index (χ2v) is 14.8. The number of sulfonamides is 2. The molecule has 2 rings (SSSR count). The molecule has 25 heavy (non-hydrogen) atoms. The molecular formula is C11H22N2O8S4. The van der Waals surface area contributed by atoms with Crippen LogP contribution in [-0.2, 0) is 39.7 Å². The fraction of sp³-hybridized carbons (Fsp3) is 1.00. The largest absolute Gasteiger partial charge is 0.229 e. The van der Waals surface area contributed by atoms with Gasteiger partial charge in [-0.1, -0.05) is 0 Å². The average molecular weight is 439 g/mol. The molecule has 0 spiro atoms. The molecule has 2 saturated heterocycles. The fourth-order valence-electron chi connectivity index (χ4n) is 2.76. The number of hydrogen-bond donors (Lipinski definition) is 2. The monoisotopic (exact) mass is 438 g/mol. The first-order chi connectivity index (χ1) is 11.3. The van der Waals surface area contributed by atoms with Crippen LogP contribution in [0.15, 0.2) is 0 Å². The summed E-state index contributed by atoms with van der Waals surface area (Å²) in [6.07, 6.45) is 0.276. The first-order valence-electron chi connectivity index (χ1n) is 7.71. The molecule has 0 aliphatic carbocycles. The van der Waals surface area contributed by atoms with E-state index in [2.05, 4.69) is 9.44 Å². The summed E-state index contributed by atoms with van der Waals surface area (Å²) in [5.41, 5.74) is 0. The second-order valence-electron chi connectivity index (χ2n) is 6.28. The highest BCUT2D eigenvalue weighted by Gasteiger charge is 2.38. The molecule has 10 nitrogen and oxygen atoms in total. The Balaban J connectivity index is 1.74. The molecule has 2 aliphatic rings. The summed E-state index contributed by atoms with van der Waals surface area (Å²) in [6, 6.07) is 0. The third-order valence-corrected chi connectivity index (χ3v) is 11.9. The summed E-state index contributed by atoms with van der Waals surface area (Å²) < 4.78 is 97.8. The SMILES string of the molecule is O=S1(=O)CCC(S(=O)(=O)NCCCNS(=O)(=O)C2CCS(=O)(=O)C2)C1. The maximum Gasteiger partial charge on any atom is 0.215 e. The first kappa shape index (κ1) is 21.0. The molecule has 2 fully saturated rings. The molecule has 0 saturated carbocycles. The van der Waals surface area contributed by atoms with Gasteiger partial charge in [-0.3, -0.25) is 0 Å². The summed E-state index contributed by atoms with van der Waals surface area (Å²) in [5.74, 6) is -1.10. The van der Waals surface area contributed by atoms with Crippen LogP contribution in [0, 0.1) is 0 Å². The molecule has 0 bridgehead atoms. The quantitative estimate of drug-likeness (QED) is 0.396. The zero-order valence-electron chi connectivity index (χ0n) is 13.4. The van der Waals surface area contributed by atoms with Crippen molar-refractivity contribution < 1.29 is 33.7 Å². The molecule has 2 unspecified atom stereocenters. The highest BCUT2D eigenvalue weighted by molar-refractivity contribution is 7.96. The molecule has 2 aliphatic heterocycles. The maximum atomic E-state index is 12.0. The molecule has 0 aromatic rings. The van der Waals surface area contributed by atoms with Crippen LogP contribution in [0.1, 0.15) is 19.3 Å². The van der Waals surface area contributed by atoms with Crippen molar-refractivity contribution in [3.05, 3.63) is 0 Å². The topological polar surface area (TPSA) is 161 Å². The summed E-state index contributed by atoms with van der Waals surface area (Å²) in [5, 5.41) is -1.95. The van der Waals surface area contributed by atoms with Crippen LogP contribution < -0.4 is 9.44 Å². The lowest BCUT2D eigenvalue weighted by molar-refractivity contribution is 0.558. The number of nitrogens with one attached hydrogen (secondary N) is 2. The van der Waals surface area contributed by atoms with E-state index in [0.29, 0.717) is 0 Å². The number of hydrogen-bond acceptors (Lipinski definition) is 8. The van der Waals surface area contributed by atoms with Crippen LogP contribution in [-0.4, -0.2) is 80.3 Å². The molecule has 14 heteroatoms. The Kier molecular flexibility index (Phi) is 6.21. The van der Waals surface area contributed by atoms with Gasteiger partial charge in [0.2, 0.25) is 20.0 Å². The maximum absolute atomic E-state index is 12.0. The zero-order valence-corrected chi connectivity index (χ0v) is 16.7. The van der Waals surface area contributed by atoms with Crippen molar-refractivity contribution >= 4 is 39.7 Å². The lowest BCUT2D eigenvalue weighted by atomic mass is 10.4. The lowest BCUT2D eigenvalue weighted by Crippen LogP contribution is -2.38. The second kappa shape index (κ2) is 7.38. The van der Waals surface area contributed by atoms with Gasteiger partial charge in [0.25, 0.3) is 0 Å². The normalized spacial score (nSPS) is 29.0. The molecule has 0 aromatic heterocycles. The minimum Gasteiger partial charge on any atom is -0.229 e. The van der Waals surface area contributed by atoms with Gasteiger partial charge >= 0.3 is 0 Å². The lowest BCUT2D eigenvalue weighted by Gasteiger charge is -2.13. The van der Waals surface area contributed by atoms with Crippen molar-refractivity contribution in [2.45, 2.75) is 29.8 Å². The number of rotatable bonds is 8. The van der Waals surface area contributed by atoms with E-state index >= 15 is 0 Å². The Labute approximate surface area is 148 Å². The standard InChI is InChI=1S/C11H22N2O8S4/c14-22(15)6-2-10(8-22)24(18,19)12-4-1-5-13-25(20,21)11-3-7-23(16,17)9-11/h10-13H,1-9H2. The first-order valence-corrected chi connectivity index (χ1v) is 14.4. The van der Waals surface area contributed by atoms with Gasteiger partial charge in [-0.05, 0) is 19.3 Å². The molecule has 2 heterocycles. The molecule has 2 atom stereocenters. The van der Waals surface area contributed by atoms with Gasteiger partial charge in [-0.15, -0.1) is 0 Å². The molecule has 148 valence electrons. The van der Waals surface area contributed by atoms with E-state index in [-0.39, 0.29) is 43.9 Å². The van der Waals surface area contributed by atoms with Crippen molar-refractivity contribution in [1.29, 1.82) is 0 Å². The van der Waals surface area contributed by atoms with Crippen LogP contribution in [0.3, 0.4) is 0 Å². The van der Waals surface area contributed by atoms with Crippen LogP contribution in [0.4, 0.5) is 0 Å². The molecule has 0 aromatic carbocycles. The van der Waals surface area contributed by atoms with Gasteiger partial charge in [0, 0.05) is 13.1 Å². The molecular weight excluding hydrogens is 416 g/mol. The Morgan fingerprint density at radius 3 is 1.36 bits per heavy atom. The van der Waals surface area contributed by atoms with E-state index in [1.807, 2.05) is 0 Å². The van der Waals surface area contributed by atoms with Crippen molar-refractivity contribution in [2.24, 2.45) is 0 Å². The Morgan fingerprint density at radius 1 is 0.720 bits per heavy atom. The van der Waals surface area contributed by atoms with E-state index in [0.717, 1.165) is 0 Å². The van der Waals surface area contributed by atoms with E-state index in [1.165, 1.54) is 0 Å². The predicted octanol–water partition coefficient (Wildman–Crippen LogP) is -2.41. The van der Waals surface area contributed by atoms with Crippen molar-refractivity contribution in [2.75, 3.05) is 36.1 Å². The van der Waals surface area contributed by atoms with E-state index in [9.17, 15) is 33.7 Å². The Bertz CT molecular complexity index is 829. The summed E-state index contributed by atoms with van der Waals surface area (Å²) in [4.78, 5) is 0. The van der Waals surface area contributed by atoms with Crippen molar-refractivity contribution in [3.63, 3.8) is 0 Å². The van der Waals surface area contributed by atoms with Gasteiger partial charge in [0.05, 0.1) is 33.5 Å². The van der Waals surface area contributed by atoms with E-state index in [4.69, 9.17) is 0 Å². The van der Waals surface area contributed by atoms with Crippen LogP contribution in [0.2, 0.25) is 0 Å². The Hall–Kier alpha value is -0.280. The molecule has 0 amide bonds. The molecule has 0 radical (unpaired) electrons. The smallest absolute Gasteiger partial charge is 0.215 e.